The van der Waals surface area contributed by atoms with Crippen molar-refractivity contribution >= 4 is 17.7 Å². The largest absolute Gasteiger partial charge is 0.373 e. The lowest BCUT2D eigenvalue weighted by Gasteiger charge is -2.47. The lowest BCUT2D eigenvalue weighted by atomic mass is 9.92. The summed E-state index contributed by atoms with van der Waals surface area (Å²) >= 11 is 1.97. The van der Waals surface area contributed by atoms with Gasteiger partial charge >= 0.3 is 0 Å². The van der Waals surface area contributed by atoms with Gasteiger partial charge in [-0.3, -0.25) is 9.78 Å². The third-order valence-corrected chi connectivity index (χ3v) is 6.70. The van der Waals surface area contributed by atoms with Crippen LogP contribution in [0.3, 0.4) is 0 Å². The number of amides is 1. The van der Waals surface area contributed by atoms with Crippen molar-refractivity contribution in [3.05, 3.63) is 65.0 Å². The topological polar surface area (TPSA) is 42.4 Å². The van der Waals surface area contributed by atoms with Gasteiger partial charge in [0.2, 0.25) is 0 Å². The van der Waals surface area contributed by atoms with E-state index in [1.165, 1.54) is 0 Å². The van der Waals surface area contributed by atoms with Crippen LogP contribution in [0.1, 0.15) is 33.5 Å². The molecule has 0 N–H and O–H groups in total. The van der Waals surface area contributed by atoms with E-state index in [9.17, 15) is 4.79 Å². The number of hydrogen-bond acceptors (Lipinski definition) is 4. The molecule has 4 rings (SSSR count). The zero-order valence-corrected chi connectivity index (χ0v) is 16.1. The van der Waals surface area contributed by atoms with Crippen LogP contribution in [0.15, 0.2) is 42.7 Å². The number of hydrogen-bond donors (Lipinski definition) is 0. The highest BCUT2D eigenvalue weighted by Gasteiger charge is 2.51. The van der Waals surface area contributed by atoms with Gasteiger partial charge in [0.1, 0.15) is 0 Å². The van der Waals surface area contributed by atoms with E-state index in [4.69, 9.17) is 4.74 Å². The van der Waals surface area contributed by atoms with Crippen molar-refractivity contribution in [1.82, 2.24) is 9.88 Å². The number of aryl methyl sites for hydroxylation is 2. The molecule has 4 nitrogen and oxygen atoms in total. The van der Waals surface area contributed by atoms with E-state index < -0.39 is 0 Å². The second-order valence-corrected chi connectivity index (χ2v) is 9.01. The van der Waals surface area contributed by atoms with E-state index in [0.29, 0.717) is 6.61 Å². The van der Waals surface area contributed by atoms with Gasteiger partial charge in [-0.15, -0.1) is 11.8 Å². The first-order valence-corrected chi connectivity index (χ1v) is 10.0. The molecule has 0 unspecified atom stereocenters. The summed E-state index contributed by atoms with van der Waals surface area (Å²) in [6.07, 6.45) is 4.89. The summed E-state index contributed by atoms with van der Waals surface area (Å²) in [5.41, 5.74) is 4.25. The van der Waals surface area contributed by atoms with Gasteiger partial charge in [0.15, 0.2) is 0 Å². The Labute approximate surface area is 159 Å². The Kier molecular flexibility index (Phi) is 4.76. The zero-order chi connectivity index (χ0) is 18.1. The number of benzene rings is 1. The Hall–Kier alpha value is -1.85. The minimum atomic E-state index is 0.157. The van der Waals surface area contributed by atoms with Gasteiger partial charge in [-0.05, 0) is 50.1 Å². The first-order valence-electron chi connectivity index (χ1n) is 9.05. The number of nitrogens with zero attached hydrogens (tertiary/aromatic N) is 2. The van der Waals surface area contributed by atoms with E-state index in [-0.39, 0.29) is 16.8 Å². The quantitative estimate of drug-likeness (QED) is 0.827. The van der Waals surface area contributed by atoms with Gasteiger partial charge in [0, 0.05) is 36.8 Å². The number of pyridine rings is 1. The molecule has 0 bridgehead atoms. The average molecular weight is 369 g/mol. The SMILES string of the molecule is Cc1cc(C)cc(C(=O)N2CC3(C[C@H](OCc4ccncc4)CS3)C2)c1. The molecule has 3 heterocycles. The Morgan fingerprint density at radius 1 is 1.23 bits per heavy atom. The van der Waals surface area contributed by atoms with Crippen LogP contribution in [0, 0.1) is 13.8 Å². The predicted octanol–water partition coefficient (Wildman–Crippen LogP) is 3.62. The minimum Gasteiger partial charge on any atom is -0.373 e. The molecular formula is C21H24N2O2S. The number of aromatic nitrogens is 1. The van der Waals surface area contributed by atoms with Crippen LogP contribution in [0.25, 0.3) is 0 Å². The van der Waals surface area contributed by atoms with Crippen molar-refractivity contribution in [3.8, 4) is 0 Å². The smallest absolute Gasteiger partial charge is 0.253 e. The number of thioether (sulfide) groups is 1. The third kappa shape index (κ3) is 3.64. The van der Waals surface area contributed by atoms with Gasteiger partial charge < -0.3 is 9.64 Å². The molecule has 0 aliphatic carbocycles. The van der Waals surface area contributed by atoms with Crippen molar-refractivity contribution in [1.29, 1.82) is 0 Å². The van der Waals surface area contributed by atoms with Gasteiger partial charge in [0.25, 0.3) is 5.91 Å². The van der Waals surface area contributed by atoms with Crippen molar-refractivity contribution in [2.24, 2.45) is 0 Å². The minimum absolute atomic E-state index is 0.157. The Morgan fingerprint density at radius 2 is 1.92 bits per heavy atom. The lowest BCUT2D eigenvalue weighted by molar-refractivity contribution is 0.0255. The summed E-state index contributed by atoms with van der Waals surface area (Å²) in [5.74, 6) is 1.17. The predicted molar refractivity (Wildman–Crippen MR) is 104 cm³/mol. The molecule has 136 valence electrons. The molecule has 2 aromatic rings. The fourth-order valence-corrected chi connectivity index (χ4v) is 5.45. The molecule has 1 aromatic heterocycles. The third-order valence-electron chi connectivity index (χ3n) is 5.12. The monoisotopic (exact) mass is 368 g/mol. The summed E-state index contributed by atoms with van der Waals surface area (Å²) in [6.45, 7) is 6.38. The second kappa shape index (κ2) is 7.05. The first kappa shape index (κ1) is 17.6. The standard InChI is InChI=1S/C21H24N2O2S/c1-15-7-16(2)9-18(8-15)20(24)23-13-21(14-23)10-19(12-26-21)25-11-17-3-5-22-6-4-17/h3-9,19H,10-14H2,1-2H3/t19-/m0/s1. The highest BCUT2D eigenvalue weighted by atomic mass is 32.2. The van der Waals surface area contributed by atoms with Crippen LogP contribution >= 0.6 is 11.8 Å². The van der Waals surface area contributed by atoms with E-state index in [0.717, 1.165) is 47.5 Å². The van der Waals surface area contributed by atoms with Gasteiger partial charge in [-0.1, -0.05) is 17.2 Å². The fourth-order valence-electron chi connectivity index (χ4n) is 3.90. The molecule has 26 heavy (non-hydrogen) atoms. The summed E-state index contributed by atoms with van der Waals surface area (Å²) in [5, 5.41) is 0. The molecule has 1 spiro atoms. The van der Waals surface area contributed by atoms with Gasteiger partial charge in [-0.25, -0.2) is 0 Å². The average Bonchev–Trinajstić information content (AvgIpc) is 3.03. The van der Waals surface area contributed by atoms with Crippen molar-refractivity contribution in [3.63, 3.8) is 0 Å². The maximum absolute atomic E-state index is 12.7. The number of carbonyl (C=O) groups excluding carboxylic acids is 1. The van der Waals surface area contributed by atoms with Crippen molar-refractivity contribution in [2.75, 3.05) is 18.8 Å². The van der Waals surface area contributed by atoms with Crippen LogP contribution < -0.4 is 0 Å². The first-order chi connectivity index (χ1) is 12.5. The summed E-state index contributed by atoms with van der Waals surface area (Å²) < 4.78 is 6.27. The molecule has 5 heteroatoms. The number of likely N-dealkylation sites (tertiary alicyclic amines) is 1. The second-order valence-electron chi connectivity index (χ2n) is 7.52. The summed E-state index contributed by atoms with van der Waals surface area (Å²) in [7, 11) is 0. The van der Waals surface area contributed by atoms with Crippen LogP contribution in [0.4, 0.5) is 0 Å². The van der Waals surface area contributed by atoms with Gasteiger partial charge in [0.05, 0.1) is 17.5 Å². The van der Waals surface area contributed by atoms with E-state index in [1.807, 2.05) is 54.8 Å². The lowest BCUT2D eigenvalue weighted by Crippen LogP contribution is -2.60. The van der Waals surface area contributed by atoms with Crippen LogP contribution in [-0.4, -0.2) is 45.5 Å². The summed E-state index contributed by atoms with van der Waals surface area (Å²) in [6, 6.07) is 10.1. The van der Waals surface area contributed by atoms with E-state index in [2.05, 4.69) is 11.1 Å². The highest BCUT2D eigenvalue weighted by molar-refractivity contribution is 8.01. The molecule has 1 aromatic carbocycles. The van der Waals surface area contributed by atoms with Crippen LogP contribution in [0.2, 0.25) is 0 Å². The maximum atomic E-state index is 12.7. The normalized spacial score (nSPS) is 21.0. The van der Waals surface area contributed by atoms with Gasteiger partial charge in [-0.2, -0.15) is 0 Å². The fraction of sp³-hybridized carbons (Fsp3) is 0.429. The molecule has 0 radical (unpaired) electrons. The molecular weight excluding hydrogens is 344 g/mol. The zero-order valence-electron chi connectivity index (χ0n) is 15.3. The highest BCUT2D eigenvalue weighted by Crippen LogP contribution is 2.46. The Bertz CT molecular complexity index is 783. The Balaban J connectivity index is 1.30. The number of rotatable bonds is 4. The maximum Gasteiger partial charge on any atom is 0.253 e. The molecule has 1 amide bonds. The molecule has 2 aliphatic rings. The molecule has 2 saturated heterocycles. The molecule has 0 saturated carbocycles. The summed E-state index contributed by atoms with van der Waals surface area (Å²) in [4.78, 5) is 18.8. The van der Waals surface area contributed by atoms with Crippen molar-refractivity contribution < 1.29 is 9.53 Å². The van der Waals surface area contributed by atoms with E-state index >= 15 is 0 Å². The Morgan fingerprint density at radius 3 is 2.62 bits per heavy atom. The number of ether oxygens (including phenoxy) is 1. The van der Waals surface area contributed by atoms with Crippen LogP contribution in [0.5, 0.6) is 0 Å². The van der Waals surface area contributed by atoms with Crippen LogP contribution in [-0.2, 0) is 11.3 Å². The molecule has 1 atom stereocenters. The number of carbonyl (C=O) groups is 1. The van der Waals surface area contributed by atoms with Crippen molar-refractivity contribution in [2.45, 2.75) is 37.7 Å². The molecule has 2 fully saturated rings. The molecule has 2 aliphatic heterocycles. The van der Waals surface area contributed by atoms with E-state index in [1.54, 1.807) is 12.4 Å².